The second-order valence-electron chi connectivity index (χ2n) is 7.01. The molecule has 0 aliphatic rings. The number of hydrogen-bond donors (Lipinski definition) is 1. The van der Waals surface area contributed by atoms with Crippen molar-refractivity contribution >= 4 is 23.6 Å². The van der Waals surface area contributed by atoms with Crippen molar-refractivity contribution in [3.8, 4) is 17.6 Å². The topological polar surface area (TPSA) is 97.7 Å². The fourth-order valence-electron chi connectivity index (χ4n) is 2.93. The van der Waals surface area contributed by atoms with E-state index in [-0.39, 0.29) is 5.57 Å². The second kappa shape index (κ2) is 12.8. The lowest BCUT2D eigenvalue weighted by atomic mass is 10.1. The first-order valence-electron chi connectivity index (χ1n) is 10.4. The standard InChI is InChI=1S/C25H28N2O5/c1-4-5-6-7-14-32-22-13-8-18(16-23(22)30-2)15-20(17-26)24(28)27-21-11-9-19(10-12-21)25(29)31-3/h8-13,15-16H,4-7,14H2,1-3H3,(H,27,28)/b20-15-. The fraction of sp³-hybridized carbons (Fsp3) is 0.320. The molecule has 32 heavy (non-hydrogen) atoms. The third kappa shape index (κ3) is 7.17. The van der Waals surface area contributed by atoms with Gasteiger partial charge < -0.3 is 19.5 Å². The molecule has 0 unspecified atom stereocenters. The van der Waals surface area contributed by atoms with Gasteiger partial charge in [-0.15, -0.1) is 0 Å². The number of nitrogens with zero attached hydrogens (tertiary/aromatic N) is 1. The maximum absolute atomic E-state index is 12.5. The van der Waals surface area contributed by atoms with E-state index in [0.29, 0.717) is 34.9 Å². The lowest BCUT2D eigenvalue weighted by Crippen LogP contribution is -2.13. The van der Waals surface area contributed by atoms with Crippen LogP contribution in [0, 0.1) is 11.3 Å². The molecule has 0 fully saturated rings. The molecule has 1 amide bonds. The summed E-state index contributed by atoms with van der Waals surface area (Å²) < 4.78 is 15.8. The number of nitriles is 1. The molecular weight excluding hydrogens is 408 g/mol. The van der Waals surface area contributed by atoms with Gasteiger partial charge in [0.15, 0.2) is 11.5 Å². The quantitative estimate of drug-likeness (QED) is 0.231. The highest BCUT2D eigenvalue weighted by Crippen LogP contribution is 2.29. The first-order chi connectivity index (χ1) is 15.5. The van der Waals surface area contributed by atoms with Gasteiger partial charge in [0.1, 0.15) is 11.6 Å². The summed E-state index contributed by atoms with van der Waals surface area (Å²) >= 11 is 0. The van der Waals surface area contributed by atoms with Crippen molar-refractivity contribution in [2.75, 3.05) is 26.1 Å². The van der Waals surface area contributed by atoms with Crippen molar-refractivity contribution in [3.05, 3.63) is 59.2 Å². The van der Waals surface area contributed by atoms with Crippen molar-refractivity contribution in [2.45, 2.75) is 32.6 Å². The van der Waals surface area contributed by atoms with Crippen LogP contribution in [0.25, 0.3) is 6.08 Å². The maximum atomic E-state index is 12.5. The number of benzene rings is 2. The Bertz CT molecular complexity index is 990. The van der Waals surface area contributed by atoms with Gasteiger partial charge in [-0.2, -0.15) is 5.26 Å². The predicted octanol–water partition coefficient (Wildman–Crippen LogP) is 4.99. The molecule has 168 valence electrons. The van der Waals surface area contributed by atoms with Crippen LogP contribution in [-0.4, -0.2) is 32.7 Å². The molecule has 2 rings (SSSR count). The molecule has 7 heteroatoms. The summed E-state index contributed by atoms with van der Waals surface area (Å²) in [5.74, 6) is 0.122. The molecule has 0 spiro atoms. The van der Waals surface area contributed by atoms with Crippen LogP contribution in [0.5, 0.6) is 11.5 Å². The number of anilines is 1. The van der Waals surface area contributed by atoms with Gasteiger partial charge >= 0.3 is 5.97 Å². The Labute approximate surface area is 188 Å². The first-order valence-corrected chi connectivity index (χ1v) is 10.4. The largest absolute Gasteiger partial charge is 0.493 e. The Morgan fingerprint density at radius 1 is 1.03 bits per heavy atom. The van der Waals surface area contributed by atoms with E-state index in [4.69, 9.17) is 9.47 Å². The monoisotopic (exact) mass is 436 g/mol. The van der Waals surface area contributed by atoms with E-state index in [2.05, 4.69) is 17.0 Å². The molecule has 0 heterocycles. The van der Waals surface area contributed by atoms with Crippen LogP contribution in [0.15, 0.2) is 48.0 Å². The smallest absolute Gasteiger partial charge is 0.337 e. The summed E-state index contributed by atoms with van der Waals surface area (Å²) in [4.78, 5) is 24.0. The molecule has 2 aromatic carbocycles. The average molecular weight is 437 g/mol. The number of rotatable bonds is 11. The van der Waals surface area contributed by atoms with Crippen LogP contribution in [0.1, 0.15) is 48.5 Å². The Morgan fingerprint density at radius 2 is 1.78 bits per heavy atom. The van der Waals surface area contributed by atoms with E-state index in [1.54, 1.807) is 37.4 Å². The summed E-state index contributed by atoms with van der Waals surface area (Å²) in [5, 5.41) is 12.1. The molecule has 0 aromatic heterocycles. The molecule has 0 saturated carbocycles. The highest BCUT2D eigenvalue weighted by Gasteiger charge is 2.12. The Balaban J connectivity index is 2.08. The number of unbranched alkanes of at least 4 members (excludes halogenated alkanes) is 3. The summed E-state index contributed by atoms with van der Waals surface area (Å²) in [6, 6.07) is 13.4. The normalized spacial score (nSPS) is 10.8. The SMILES string of the molecule is CCCCCCOc1ccc(/C=C(/C#N)C(=O)Nc2ccc(C(=O)OC)cc2)cc1OC. The minimum atomic E-state index is -0.562. The van der Waals surface area contributed by atoms with Crippen molar-refractivity contribution in [2.24, 2.45) is 0 Å². The number of nitrogens with one attached hydrogen (secondary N) is 1. The summed E-state index contributed by atoms with van der Waals surface area (Å²) in [7, 11) is 2.84. The fourth-order valence-corrected chi connectivity index (χ4v) is 2.93. The molecule has 0 radical (unpaired) electrons. The van der Waals surface area contributed by atoms with Crippen LogP contribution in [-0.2, 0) is 9.53 Å². The van der Waals surface area contributed by atoms with E-state index in [1.807, 2.05) is 6.07 Å². The van der Waals surface area contributed by atoms with Gasteiger partial charge in [0, 0.05) is 5.69 Å². The zero-order valence-corrected chi connectivity index (χ0v) is 18.6. The van der Waals surface area contributed by atoms with E-state index < -0.39 is 11.9 Å². The molecular formula is C25H28N2O5. The van der Waals surface area contributed by atoms with Gasteiger partial charge in [0.25, 0.3) is 5.91 Å². The number of hydrogen-bond acceptors (Lipinski definition) is 6. The van der Waals surface area contributed by atoms with Crippen molar-refractivity contribution in [3.63, 3.8) is 0 Å². The minimum absolute atomic E-state index is 0.0719. The molecule has 0 aliphatic heterocycles. The van der Waals surface area contributed by atoms with Crippen LogP contribution < -0.4 is 14.8 Å². The Morgan fingerprint density at radius 3 is 2.41 bits per heavy atom. The summed E-state index contributed by atoms with van der Waals surface area (Å²) in [6.07, 6.45) is 5.91. The van der Waals surface area contributed by atoms with E-state index in [9.17, 15) is 14.9 Å². The molecule has 0 saturated heterocycles. The van der Waals surface area contributed by atoms with Crippen molar-refractivity contribution in [1.82, 2.24) is 0 Å². The average Bonchev–Trinajstić information content (AvgIpc) is 2.82. The Kier molecular flexibility index (Phi) is 9.79. The van der Waals surface area contributed by atoms with Crippen molar-refractivity contribution < 1.29 is 23.8 Å². The zero-order valence-electron chi connectivity index (χ0n) is 18.6. The minimum Gasteiger partial charge on any atom is -0.493 e. The van der Waals surface area contributed by atoms with Gasteiger partial charge in [-0.1, -0.05) is 32.3 Å². The van der Waals surface area contributed by atoms with E-state index >= 15 is 0 Å². The third-order valence-corrected chi connectivity index (χ3v) is 4.68. The maximum Gasteiger partial charge on any atom is 0.337 e. The third-order valence-electron chi connectivity index (χ3n) is 4.68. The lowest BCUT2D eigenvalue weighted by molar-refractivity contribution is -0.112. The predicted molar refractivity (Wildman–Crippen MR) is 123 cm³/mol. The number of amides is 1. The summed E-state index contributed by atoms with van der Waals surface area (Å²) in [6.45, 7) is 2.76. The van der Waals surface area contributed by atoms with Crippen LogP contribution >= 0.6 is 0 Å². The van der Waals surface area contributed by atoms with Gasteiger partial charge in [-0.3, -0.25) is 4.79 Å². The van der Waals surface area contributed by atoms with E-state index in [0.717, 1.165) is 19.3 Å². The number of carbonyl (C=O) groups excluding carboxylic acids is 2. The van der Waals surface area contributed by atoms with Gasteiger partial charge in [-0.05, 0) is 54.5 Å². The lowest BCUT2D eigenvalue weighted by Gasteiger charge is -2.11. The summed E-state index contributed by atoms with van der Waals surface area (Å²) in [5.41, 5.74) is 1.37. The first kappa shape index (κ1) is 24.5. The highest BCUT2D eigenvalue weighted by atomic mass is 16.5. The zero-order chi connectivity index (χ0) is 23.3. The van der Waals surface area contributed by atoms with Gasteiger partial charge in [0.2, 0.25) is 0 Å². The van der Waals surface area contributed by atoms with Crippen LogP contribution in [0.4, 0.5) is 5.69 Å². The molecule has 1 N–H and O–H groups in total. The van der Waals surface area contributed by atoms with Gasteiger partial charge in [0.05, 0.1) is 26.4 Å². The van der Waals surface area contributed by atoms with Gasteiger partial charge in [-0.25, -0.2) is 4.79 Å². The number of carbonyl (C=O) groups is 2. The number of ether oxygens (including phenoxy) is 3. The second-order valence-corrected chi connectivity index (χ2v) is 7.01. The molecule has 0 atom stereocenters. The Hall–Kier alpha value is -3.79. The van der Waals surface area contributed by atoms with Crippen molar-refractivity contribution in [1.29, 1.82) is 5.26 Å². The molecule has 2 aromatic rings. The van der Waals surface area contributed by atoms with Crippen LogP contribution in [0.3, 0.4) is 0 Å². The molecule has 7 nitrogen and oxygen atoms in total. The number of methoxy groups -OCH3 is 2. The van der Waals surface area contributed by atoms with E-state index in [1.165, 1.54) is 31.7 Å². The molecule has 0 bridgehead atoms. The van der Waals surface area contributed by atoms with Crippen LogP contribution in [0.2, 0.25) is 0 Å². The number of esters is 1. The molecule has 0 aliphatic carbocycles. The highest BCUT2D eigenvalue weighted by molar-refractivity contribution is 6.09.